The second-order valence-corrected chi connectivity index (χ2v) is 2.89. The molecule has 66 valence electrons. The van der Waals surface area contributed by atoms with Crippen LogP contribution in [0.25, 0.3) is 0 Å². The summed E-state index contributed by atoms with van der Waals surface area (Å²) in [5, 5.41) is 0. The first-order valence-corrected chi connectivity index (χ1v) is 4.15. The molecule has 1 aliphatic rings. The number of benzene rings is 1. The van der Waals surface area contributed by atoms with E-state index in [0.717, 1.165) is 25.2 Å². The lowest BCUT2D eigenvalue weighted by atomic mass is 10.1. The highest BCUT2D eigenvalue weighted by molar-refractivity contribution is 5.39. The normalized spacial score (nSPS) is 13.1. The highest BCUT2D eigenvalue weighted by Gasteiger charge is 2.10. The van der Waals surface area contributed by atoms with Crippen molar-refractivity contribution in [3.8, 4) is 5.75 Å². The van der Waals surface area contributed by atoms with Gasteiger partial charge in [0.2, 0.25) is 0 Å². The van der Waals surface area contributed by atoms with Crippen LogP contribution in [0.1, 0.15) is 25.5 Å². The van der Waals surface area contributed by atoms with Gasteiger partial charge in [-0.05, 0) is 23.6 Å². The van der Waals surface area contributed by atoms with Gasteiger partial charge in [-0.1, -0.05) is 26.5 Å². The molecular formula is C11H16O. The Morgan fingerprint density at radius 2 is 2.25 bits per heavy atom. The Morgan fingerprint density at radius 3 is 3.00 bits per heavy atom. The summed E-state index contributed by atoms with van der Waals surface area (Å²) in [5.41, 5.74) is 2.79. The van der Waals surface area contributed by atoms with Crippen LogP contribution in [0.4, 0.5) is 0 Å². The molecular weight excluding hydrogens is 148 g/mol. The van der Waals surface area contributed by atoms with Gasteiger partial charge in [-0.15, -0.1) is 0 Å². The first-order valence-electron chi connectivity index (χ1n) is 4.15. The predicted molar refractivity (Wildman–Crippen MR) is 51.8 cm³/mol. The van der Waals surface area contributed by atoms with E-state index in [0.29, 0.717) is 0 Å². The number of rotatable bonds is 1. The summed E-state index contributed by atoms with van der Waals surface area (Å²) in [6.07, 6.45) is 2.20. The van der Waals surface area contributed by atoms with Crippen molar-refractivity contribution in [3.05, 3.63) is 29.3 Å². The van der Waals surface area contributed by atoms with Gasteiger partial charge < -0.3 is 4.74 Å². The highest BCUT2D eigenvalue weighted by atomic mass is 16.5. The molecule has 0 unspecified atom stereocenters. The van der Waals surface area contributed by atoms with E-state index in [1.54, 1.807) is 0 Å². The summed E-state index contributed by atoms with van der Waals surface area (Å²) in [7, 11) is 0. The van der Waals surface area contributed by atoms with Gasteiger partial charge in [-0.3, -0.25) is 0 Å². The van der Waals surface area contributed by atoms with Crippen LogP contribution in [0, 0.1) is 0 Å². The Hall–Kier alpha value is -0.980. The molecule has 1 aromatic carbocycles. The molecule has 0 bridgehead atoms. The summed E-state index contributed by atoms with van der Waals surface area (Å²) < 4.78 is 5.40. The predicted octanol–water partition coefficient (Wildman–Crippen LogP) is 2.82. The zero-order chi connectivity index (χ0) is 7.68. The Balaban J connectivity index is 0.000000720. The van der Waals surface area contributed by atoms with Crippen LogP contribution in [0.5, 0.6) is 5.75 Å². The summed E-state index contributed by atoms with van der Waals surface area (Å²) in [4.78, 5) is 0. The fraction of sp³-hybridized carbons (Fsp3) is 0.455. The molecule has 1 heteroatoms. The van der Waals surface area contributed by atoms with E-state index >= 15 is 0 Å². The Morgan fingerprint density at radius 1 is 1.42 bits per heavy atom. The summed E-state index contributed by atoms with van der Waals surface area (Å²) >= 11 is 0. The standard InChI is InChI=1S/C10H12O.CH4/c1-2-8-3-4-10-9(7-8)5-6-11-10;/h3-4,7H,2,5-6H2,1H3;1H4. The van der Waals surface area contributed by atoms with Crippen LogP contribution >= 0.6 is 0 Å². The van der Waals surface area contributed by atoms with Crippen molar-refractivity contribution in [3.63, 3.8) is 0 Å². The topological polar surface area (TPSA) is 9.23 Å². The molecule has 0 amide bonds. The quantitative estimate of drug-likeness (QED) is 0.620. The van der Waals surface area contributed by atoms with Gasteiger partial charge in [0.25, 0.3) is 0 Å². The second kappa shape index (κ2) is 3.61. The molecule has 1 heterocycles. The number of hydrogen-bond donors (Lipinski definition) is 0. The maximum absolute atomic E-state index is 5.40. The van der Waals surface area contributed by atoms with Crippen LogP contribution in [0.3, 0.4) is 0 Å². The first-order chi connectivity index (χ1) is 5.40. The van der Waals surface area contributed by atoms with Crippen molar-refractivity contribution >= 4 is 0 Å². The van der Waals surface area contributed by atoms with Gasteiger partial charge in [-0.25, -0.2) is 0 Å². The molecule has 0 saturated carbocycles. The SMILES string of the molecule is C.CCc1ccc2c(c1)CCO2. The molecule has 0 spiro atoms. The largest absolute Gasteiger partial charge is 0.493 e. The number of aryl methyl sites for hydroxylation is 1. The van der Waals surface area contributed by atoms with E-state index in [1.807, 2.05) is 0 Å². The maximum Gasteiger partial charge on any atom is 0.122 e. The van der Waals surface area contributed by atoms with Crippen molar-refractivity contribution in [1.82, 2.24) is 0 Å². The van der Waals surface area contributed by atoms with Gasteiger partial charge in [0.1, 0.15) is 5.75 Å². The fourth-order valence-corrected chi connectivity index (χ4v) is 1.46. The molecule has 0 N–H and O–H groups in total. The minimum Gasteiger partial charge on any atom is -0.493 e. The molecule has 1 nitrogen and oxygen atoms in total. The first kappa shape index (κ1) is 9.11. The Labute approximate surface area is 74.4 Å². The molecule has 0 atom stereocenters. The van der Waals surface area contributed by atoms with Gasteiger partial charge in [0, 0.05) is 6.42 Å². The van der Waals surface area contributed by atoms with Crippen molar-refractivity contribution in [2.24, 2.45) is 0 Å². The maximum atomic E-state index is 5.40. The minimum atomic E-state index is 0. The van der Waals surface area contributed by atoms with E-state index in [1.165, 1.54) is 11.1 Å². The average Bonchev–Trinajstić information content (AvgIpc) is 2.50. The summed E-state index contributed by atoms with van der Waals surface area (Å²) in [6, 6.07) is 6.48. The third-order valence-electron chi connectivity index (χ3n) is 2.16. The zero-order valence-electron chi connectivity index (χ0n) is 6.76. The molecule has 1 aromatic rings. The van der Waals surface area contributed by atoms with Crippen LogP contribution in [-0.2, 0) is 12.8 Å². The van der Waals surface area contributed by atoms with Gasteiger partial charge in [-0.2, -0.15) is 0 Å². The molecule has 12 heavy (non-hydrogen) atoms. The molecule has 0 aliphatic carbocycles. The van der Waals surface area contributed by atoms with E-state index in [2.05, 4.69) is 25.1 Å². The number of ether oxygens (including phenoxy) is 1. The van der Waals surface area contributed by atoms with Crippen molar-refractivity contribution in [1.29, 1.82) is 0 Å². The lowest BCUT2D eigenvalue weighted by Gasteiger charge is -2.00. The minimum absolute atomic E-state index is 0. The van der Waals surface area contributed by atoms with Gasteiger partial charge in [0.15, 0.2) is 0 Å². The van der Waals surface area contributed by atoms with E-state index < -0.39 is 0 Å². The number of hydrogen-bond acceptors (Lipinski definition) is 1. The Bertz CT molecular complexity index is 266. The molecule has 1 aliphatic heterocycles. The molecule has 0 aromatic heterocycles. The zero-order valence-corrected chi connectivity index (χ0v) is 6.76. The van der Waals surface area contributed by atoms with E-state index in [-0.39, 0.29) is 7.43 Å². The lowest BCUT2D eigenvalue weighted by molar-refractivity contribution is 0.357. The summed E-state index contributed by atoms with van der Waals surface area (Å²) in [6.45, 7) is 3.04. The lowest BCUT2D eigenvalue weighted by Crippen LogP contribution is -1.85. The molecule has 0 radical (unpaired) electrons. The van der Waals surface area contributed by atoms with E-state index in [4.69, 9.17) is 4.74 Å². The van der Waals surface area contributed by atoms with Gasteiger partial charge in [0.05, 0.1) is 6.61 Å². The second-order valence-electron chi connectivity index (χ2n) is 2.89. The van der Waals surface area contributed by atoms with Crippen LogP contribution in [0.2, 0.25) is 0 Å². The third kappa shape index (κ3) is 1.45. The Kier molecular flexibility index (Phi) is 2.74. The van der Waals surface area contributed by atoms with Crippen LogP contribution in [0.15, 0.2) is 18.2 Å². The van der Waals surface area contributed by atoms with Crippen molar-refractivity contribution in [2.45, 2.75) is 27.2 Å². The monoisotopic (exact) mass is 164 g/mol. The summed E-state index contributed by atoms with van der Waals surface area (Å²) in [5.74, 6) is 1.09. The van der Waals surface area contributed by atoms with Gasteiger partial charge >= 0.3 is 0 Å². The number of fused-ring (bicyclic) bond motifs is 1. The smallest absolute Gasteiger partial charge is 0.122 e. The molecule has 0 saturated heterocycles. The fourth-order valence-electron chi connectivity index (χ4n) is 1.46. The highest BCUT2D eigenvalue weighted by Crippen LogP contribution is 2.25. The molecule has 2 rings (SSSR count). The third-order valence-corrected chi connectivity index (χ3v) is 2.16. The van der Waals surface area contributed by atoms with Crippen LogP contribution in [-0.4, -0.2) is 6.61 Å². The van der Waals surface area contributed by atoms with Crippen molar-refractivity contribution < 1.29 is 4.74 Å². The molecule has 0 fully saturated rings. The van der Waals surface area contributed by atoms with Crippen LogP contribution < -0.4 is 4.74 Å². The average molecular weight is 164 g/mol. The van der Waals surface area contributed by atoms with E-state index in [9.17, 15) is 0 Å². The van der Waals surface area contributed by atoms with Crippen molar-refractivity contribution in [2.75, 3.05) is 6.61 Å².